The Kier molecular flexibility index (Phi) is 6.91. The molecule has 0 spiro atoms. The Labute approximate surface area is 214 Å². The summed E-state index contributed by atoms with van der Waals surface area (Å²) in [6.07, 6.45) is 7.09. The molecule has 0 radical (unpaired) electrons. The molecule has 3 N–H and O–H groups in total. The van der Waals surface area contributed by atoms with Gasteiger partial charge in [0.25, 0.3) is 0 Å². The number of ketones is 1. The Morgan fingerprint density at radius 1 is 0.972 bits per heavy atom. The largest absolute Gasteiger partial charge is 0.457 e. The highest BCUT2D eigenvalue weighted by Crippen LogP contribution is 2.33. The molecule has 7 nitrogen and oxygen atoms in total. The summed E-state index contributed by atoms with van der Waals surface area (Å²) in [6, 6.07) is 16.8. The van der Waals surface area contributed by atoms with Gasteiger partial charge in [0.05, 0.1) is 16.0 Å². The molecule has 2 aromatic heterocycles. The first-order chi connectivity index (χ1) is 17.5. The number of aromatic amines is 1. The number of hydrogen-bond donors (Lipinski definition) is 3. The van der Waals surface area contributed by atoms with Crippen LogP contribution in [0.15, 0.2) is 67.0 Å². The SMILES string of the molecule is CC(=O)N[C@H]1CC[C@H](Nc2ccnc3[nH]cc(C(=O)c4ccc(Oc5ccccc5)cc4Cl)c23)CC1. The van der Waals surface area contributed by atoms with Crippen LogP contribution in [0.4, 0.5) is 5.69 Å². The standard InChI is InChI=1S/C28H27ClN4O3/c1-17(34)32-18-7-9-19(10-8-18)33-25-13-14-30-28-26(25)23(16-31-28)27(35)22-12-11-21(15-24(22)29)36-20-5-3-2-4-6-20/h2-6,11-16,18-19H,7-10H2,1H3,(H,32,34)(H2,30,31,33)/t18-,19-. The van der Waals surface area contributed by atoms with Gasteiger partial charge < -0.3 is 20.4 Å². The third kappa shape index (κ3) is 5.21. The van der Waals surface area contributed by atoms with Gasteiger partial charge in [-0.2, -0.15) is 0 Å². The lowest BCUT2D eigenvalue weighted by atomic mass is 9.90. The van der Waals surface area contributed by atoms with Gasteiger partial charge in [-0.05, 0) is 56.0 Å². The van der Waals surface area contributed by atoms with Crippen LogP contribution in [-0.4, -0.2) is 33.7 Å². The van der Waals surface area contributed by atoms with Crippen LogP contribution < -0.4 is 15.4 Å². The number of para-hydroxylation sites is 1. The van der Waals surface area contributed by atoms with E-state index in [1.165, 1.54) is 0 Å². The van der Waals surface area contributed by atoms with Crippen LogP contribution in [0.3, 0.4) is 0 Å². The van der Waals surface area contributed by atoms with E-state index in [1.807, 2.05) is 36.4 Å². The van der Waals surface area contributed by atoms with E-state index in [1.54, 1.807) is 37.5 Å². The molecule has 184 valence electrons. The number of amides is 1. The number of pyridine rings is 1. The highest BCUT2D eigenvalue weighted by molar-refractivity contribution is 6.35. The number of anilines is 1. The van der Waals surface area contributed by atoms with Gasteiger partial charge in [-0.1, -0.05) is 29.8 Å². The number of fused-ring (bicyclic) bond motifs is 1. The van der Waals surface area contributed by atoms with E-state index in [9.17, 15) is 9.59 Å². The minimum Gasteiger partial charge on any atom is -0.457 e. The lowest BCUT2D eigenvalue weighted by molar-refractivity contribution is -0.119. The Balaban J connectivity index is 1.36. The molecule has 0 saturated heterocycles. The highest BCUT2D eigenvalue weighted by Gasteiger charge is 2.24. The summed E-state index contributed by atoms with van der Waals surface area (Å²) in [4.78, 5) is 32.5. The fourth-order valence-electron chi connectivity index (χ4n) is 4.76. The van der Waals surface area contributed by atoms with Crippen molar-refractivity contribution in [2.24, 2.45) is 0 Å². The second-order valence-electron chi connectivity index (χ2n) is 9.06. The summed E-state index contributed by atoms with van der Waals surface area (Å²) < 4.78 is 5.84. The summed E-state index contributed by atoms with van der Waals surface area (Å²) in [7, 11) is 0. The van der Waals surface area contributed by atoms with E-state index >= 15 is 0 Å². The van der Waals surface area contributed by atoms with E-state index < -0.39 is 0 Å². The Hall–Kier alpha value is -3.84. The molecule has 0 aliphatic heterocycles. The molecule has 1 aliphatic carbocycles. The Morgan fingerprint density at radius 3 is 2.44 bits per heavy atom. The van der Waals surface area contributed by atoms with Crippen molar-refractivity contribution >= 4 is 40.0 Å². The minimum absolute atomic E-state index is 0.0102. The van der Waals surface area contributed by atoms with Crippen molar-refractivity contribution in [2.45, 2.75) is 44.7 Å². The zero-order valence-corrected chi connectivity index (χ0v) is 20.6. The average molecular weight is 503 g/mol. The molecule has 2 aromatic carbocycles. The molecule has 4 aromatic rings. The van der Waals surface area contributed by atoms with Crippen LogP contribution >= 0.6 is 11.6 Å². The van der Waals surface area contributed by atoms with E-state index in [2.05, 4.69) is 20.6 Å². The minimum atomic E-state index is -0.192. The number of carbonyl (C=O) groups is 2. The fraction of sp³-hybridized carbons (Fsp3) is 0.250. The summed E-state index contributed by atoms with van der Waals surface area (Å²) in [5.41, 5.74) is 2.39. The zero-order chi connectivity index (χ0) is 25.1. The van der Waals surface area contributed by atoms with Gasteiger partial charge in [-0.3, -0.25) is 9.59 Å². The maximum atomic E-state index is 13.6. The molecule has 8 heteroatoms. The summed E-state index contributed by atoms with van der Waals surface area (Å²) >= 11 is 6.53. The molecule has 5 rings (SSSR count). The topological polar surface area (TPSA) is 96.1 Å². The summed E-state index contributed by atoms with van der Waals surface area (Å²) in [5, 5.41) is 7.67. The Bertz CT molecular complexity index is 1390. The predicted molar refractivity (Wildman–Crippen MR) is 141 cm³/mol. The number of nitrogens with one attached hydrogen (secondary N) is 3. The van der Waals surface area contributed by atoms with Crippen LogP contribution in [-0.2, 0) is 4.79 Å². The van der Waals surface area contributed by atoms with Crippen LogP contribution in [0.5, 0.6) is 11.5 Å². The van der Waals surface area contributed by atoms with Crippen LogP contribution in [0, 0.1) is 0 Å². The van der Waals surface area contributed by atoms with Crippen molar-refractivity contribution in [2.75, 3.05) is 5.32 Å². The van der Waals surface area contributed by atoms with Gasteiger partial charge in [0.1, 0.15) is 17.1 Å². The smallest absolute Gasteiger partial charge is 0.217 e. The van der Waals surface area contributed by atoms with E-state index in [-0.39, 0.29) is 23.8 Å². The molecule has 2 heterocycles. The van der Waals surface area contributed by atoms with Crippen LogP contribution in [0.25, 0.3) is 11.0 Å². The van der Waals surface area contributed by atoms with Gasteiger partial charge >= 0.3 is 0 Å². The summed E-state index contributed by atoms with van der Waals surface area (Å²) in [5.74, 6) is 1.07. The van der Waals surface area contributed by atoms with Crippen molar-refractivity contribution in [1.82, 2.24) is 15.3 Å². The van der Waals surface area contributed by atoms with Crippen molar-refractivity contribution in [3.8, 4) is 11.5 Å². The van der Waals surface area contributed by atoms with Gasteiger partial charge in [0.15, 0.2) is 5.78 Å². The van der Waals surface area contributed by atoms with Crippen molar-refractivity contribution < 1.29 is 14.3 Å². The zero-order valence-electron chi connectivity index (χ0n) is 19.9. The van der Waals surface area contributed by atoms with E-state index in [4.69, 9.17) is 16.3 Å². The van der Waals surface area contributed by atoms with Crippen LogP contribution in [0.1, 0.15) is 48.5 Å². The highest BCUT2D eigenvalue weighted by atomic mass is 35.5. The second kappa shape index (κ2) is 10.4. The number of halogens is 1. The number of ether oxygens (including phenoxy) is 1. The number of aromatic nitrogens is 2. The third-order valence-corrected chi connectivity index (χ3v) is 6.79. The normalized spacial score (nSPS) is 17.5. The number of nitrogens with zero attached hydrogens (tertiary/aromatic N) is 1. The van der Waals surface area contributed by atoms with Crippen molar-refractivity contribution in [3.63, 3.8) is 0 Å². The molecule has 0 unspecified atom stereocenters. The first-order valence-corrected chi connectivity index (χ1v) is 12.4. The van der Waals surface area contributed by atoms with Crippen molar-refractivity contribution in [3.05, 3.63) is 83.1 Å². The van der Waals surface area contributed by atoms with Crippen LogP contribution in [0.2, 0.25) is 5.02 Å². The number of hydrogen-bond acceptors (Lipinski definition) is 5. The molecule has 36 heavy (non-hydrogen) atoms. The molecule has 1 aliphatic rings. The molecular formula is C28H27ClN4O3. The summed E-state index contributed by atoms with van der Waals surface area (Å²) in [6.45, 7) is 1.55. The second-order valence-corrected chi connectivity index (χ2v) is 9.47. The molecule has 1 amide bonds. The number of rotatable bonds is 7. The quantitative estimate of drug-likeness (QED) is 0.265. The first-order valence-electron chi connectivity index (χ1n) is 12.0. The average Bonchev–Trinajstić information content (AvgIpc) is 3.31. The maximum Gasteiger partial charge on any atom is 0.217 e. The van der Waals surface area contributed by atoms with Gasteiger partial charge in [0.2, 0.25) is 5.91 Å². The van der Waals surface area contributed by atoms with Gasteiger partial charge in [-0.15, -0.1) is 0 Å². The monoisotopic (exact) mass is 502 g/mol. The maximum absolute atomic E-state index is 13.6. The number of benzene rings is 2. The number of carbonyl (C=O) groups excluding carboxylic acids is 2. The molecule has 1 fully saturated rings. The Morgan fingerprint density at radius 2 is 1.72 bits per heavy atom. The van der Waals surface area contributed by atoms with E-state index in [0.29, 0.717) is 33.3 Å². The van der Waals surface area contributed by atoms with E-state index in [0.717, 1.165) is 36.8 Å². The molecule has 1 saturated carbocycles. The molecular weight excluding hydrogens is 476 g/mol. The molecule has 0 atom stereocenters. The third-order valence-electron chi connectivity index (χ3n) is 6.48. The molecule has 0 bridgehead atoms. The lowest BCUT2D eigenvalue weighted by Crippen LogP contribution is -2.39. The predicted octanol–water partition coefficient (Wildman–Crippen LogP) is 6.10. The van der Waals surface area contributed by atoms with Gasteiger partial charge in [0, 0.05) is 48.7 Å². The lowest BCUT2D eigenvalue weighted by Gasteiger charge is -2.30. The number of H-pyrrole nitrogens is 1. The fourth-order valence-corrected chi connectivity index (χ4v) is 5.01. The van der Waals surface area contributed by atoms with Gasteiger partial charge in [-0.25, -0.2) is 4.98 Å². The van der Waals surface area contributed by atoms with Crippen molar-refractivity contribution in [1.29, 1.82) is 0 Å². The first kappa shape index (κ1) is 23.9.